The molecule has 102 valence electrons. The zero-order chi connectivity index (χ0) is 13.3. The minimum Gasteiger partial charge on any atom is -0.301 e. The van der Waals surface area contributed by atoms with Gasteiger partial charge in [-0.15, -0.1) is 5.10 Å². The van der Waals surface area contributed by atoms with Gasteiger partial charge in [0.15, 0.2) is 0 Å². The molecule has 0 amide bonds. The van der Waals surface area contributed by atoms with Gasteiger partial charge in [0.2, 0.25) is 0 Å². The summed E-state index contributed by atoms with van der Waals surface area (Å²) in [6, 6.07) is 1.19. The maximum atomic E-state index is 4.32. The van der Waals surface area contributed by atoms with Crippen molar-refractivity contribution in [3.05, 3.63) is 11.9 Å². The van der Waals surface area contributed by atoms with Crippen molar-refractivity contribution in [1.29, 1.82) is 0 Å². The van der Waals surface area contributed by atoms with Crippen LogP contribution in [0.1, 0.15) is 59.2 Å². The highest BCUT2D eigenvalue weighted by molar-refractivity contribution is 5.06. The van der Waals surface area contributed by atoms with E-state index in [1.807, 2.05) is 0 Å². The Hall–Kier alpha value is -0.900. The third-order valence-corrected chi connectivity index (χ3v) is 3.88. The lowest BCUT2D eigenvalue weighted by Crippen LogP contribution is -2.39. The number of piperidine rings is 1. The molecule has 0 radical (unpaired) electrons. The minimum atomic E-state index is 0.0941. The molecule has 0 bridgehead atoms. The van der Waals surface area contributed by atoms with Crippen LogP contribution >= 0.6 is 0 Å². The van der Waals surface area contributed by atoms with Crippen molar-refractivity contribution in [2.45, 2.75) is 65.0 Å². The van der Waals surface area contributed by atoms with Crippen LogP contribution in [0.3, 0.4) is 0 Å². The maximum Gasteiger partial charge on any atom is 0.0880 e. The molecule has 0 spiro atoms. The monoisotopic (exact) mass is 250 g/mol. The number of aromatic nitrogens is 3. The van der Waals surface area contributed by atoms with E-state index in [2.05, 4.69) is 60.7 Å². The Kier molecular flexibility index (Phi) is 3.76. The van der Waals surface area contributed by atoms with E-state index in [1.165, 1.54) is 25.9 Å². The van der Waals surface area contributed by atoms with Crippen molar-refractivity contribution in [1.82, 2.24) is 19.9 Å². The quantitative estimate of drug-likeness (QED) is 0.809. The number of nitrogens with zero attached hydrogens (tertiary/aromatic N) is 4. The van der Waals surface area contributed by atoms with Crippen molar-refractivity contribution in [3.63, 3.8) is 0 Å². The van der Waals surface area contributed by atoms with Gasteiger partial charge < -0.3 is 4.90 Å². The normalized spacial score (nSPS) is 19.7. The van der Waals surface area contributed by atoms with E-state index in [9.17, 15) is 0 Å². The van der Waals surface area contributed by atoms with Crippen LogP contribution in [0.25, 0.3) is 0 Å². The SMILES string of the molecule is CC(C)N1CCC(n2cc(C(C)(C)C)nn2)CC1. The summed E-state index contributed by atoms with van der Waals surface area (Å²) in [5.74, 6) is 0. The summed E-state index contributed by atoms with van der Waals surface area (Å²) < 4.78 is 2.08. The molecule has 4 nitrogen and oxygen atoms in total. The zero-order valence-electron chi connectivity index (χ0n) is 12.3. The molecule has 1 aromatic rings. The first kappa shape index (κ1) is 13.5. The van der Waals surface area contributed by atoms with E-state index in [0.29, 0.717) is 12.1 Å². The molecule has 1 aromatic heterocycles. The Bertz CT molecular complexity index is 381. The molecule has 0 aliphatic carbocycles. The summed E-state index contributed by atoms with van der Waals surface area (Å²) in [4.78, 5) is 2.54. The molecule has 0 aromatic carbocycles. The van der Waals surface area contributed by atoms with Gasteiger partial charge in [-0.2, -0.15) is 0 Å². The highest BCUT2D eigenvalue weighted by atomic mass is 15.4. The van der Waals surface area contributed by atoms with Gasteiger partial charge in [-0.25, -0.2) is 4.68 Å². The fourth-order valence-electron chi connectivity index (χ4n) is 2.47. The number of hydrogen-bond acceptors (Lipinski definition) is 3. The summed E-state index contributed by atoms with van der Waals surface area (Å²) in [6.45, 7) is 13.4. The van der Waals surface area contributed by atoms with Crippen LogP contribution < -0.4 is 0 Å². The van der Waals surface area contributed by atoms with E-state index >= 15 is 0 Å². The molecule has 4 heteroatoms. The third kappa shape index (κ3) is 2.91. The largest absolute Gasteiger partial charge is 0.301 e. The lowest BCUT2D eigenvalue weighted by atomic mass is 9.93. The van der Waals surface area contributed by atoms with Gasteiger partial charge in [0.05, 0.1) is 11.7 Å². The lowest BCUT2D eigenvalue weighted by molar-refractivity contribution is 0.146. The van der Waals surface area contributed by atoms with Crippen molar-refractivity contribution >= 4 is 0 Å². The summed E-state index contributed by atoms with van der Waals surface area (Å²) in [5, 5.41) is 8.64. The standard InChI is InChI=1S/C14H26N4/c1-11(2)17-8-6-12(7-9-17)18-10-13(15-16-18)14(3,4)5/h10-12H,6-9H2,1-5H3. The van der Waals surface area contributed by atoms with Crippen molar-refractivity contribution in [3.8, 4) is 0 Å². The summed E-state index contributed by atoms with van der Waals surface area (Å²) in [7, 11) is 0. The van der Waals surface area contributed by atoms with Crippen molar-refractivity contribution in [2.75, 3.05) is 13.1 Å². The van der Waals surface area contributed by atoms with Crippen LogP contribution in [0.5, 0.6) is 0 Å². The summed E-state index contributed by atoms with van der Waals surface area (Å²) in [6.07, 6.45) is 4.51. The van der Waals surface area contributed by atoms with Crippen LogP contribution in [0, 0.1) is 0 Å². The van der Waals surface area contributed by atoms with Gasteiger partial charge in [0.25, 0.3) is 0 Å². The first-order chi connectivity index (χ1) is 8.38. The smallest absolute Gasteiger partial charge is 0.0880 e. The Morgan fingerprint density at radius 3 is 2.28 bits per heavy atom. The molecular formula is C14H26N4. The molecule has 1 aliphatic heterocycles. The molecule has 1 fully saturated rings. The summed E-state index contributed by atoms with van der Waals surface area (Å²) in [5.41, 5.74) is 1.19. The average molecular weight is 250 g/mol. The predicted octanol–water partition coefficient (Wildman–Crippen LogP) is 2.62. The van der Waals surface area contributed by atoms with E-state index in [4.69, 9.17) is 0 Å². The van der Waals surface area contributed by atoms with Gasteiger partial charge in [-0.05, 0) is 26.7 Å². The first-order valence-corrected chi connectivity index (χ1v) is 7.04. The van der Waals surface area contributed by atoms with Gasteiger partial charge in [-0.3, -0.25) is 0 Å². The van der Waals surface area contributed by atoms with Crippen molar-refractivity contribution in [2.24, 2.45) is 0 Å². The minimum absolute atomic E-state index is 0.0941. The number of hydrogen-bond donors (Lipinski definition) is 0. The van der Waals surface area contributed by atoms with Gasteiger partial charge in [-0.1, -0.05) is 26.0 Å². The fraction of sp³-hybridized carbons (Fsp3) is 0.857. The molecular weight excluding hydrogens is 224 g/mol. The first-order valence-electron chi connectivity index (χ1n) is 7.04. The predicted molar refractivity (Wildman–Crippen MR) is 73.7 cm³/mol. The van der Waals surface area contributed by atoms with E-state index in [1.54, 1.807) is 0 Å². The molecule has 2 rings (SSSR count). The third-order valence-electron chi connectivity index (χ3n) is 3.88. The molecule has 18 heavy (non-hydrogen) atoms. The van der Waals surface area contributed by atoms with Gasteiger partial charge in [0, 0.05) is 30.7 Å². The molecule has 1 aliphatic rings. The van der Waals surface area contributed by atoms with Crippen LogP contribution in [0.4, 0.5) is 0 Å². The Balaban J connectivity index is 2.00. The Morgan fingerprint density at radius 2 is 1.83 bits per heavy atom. The number of likely N-dealkylation sites (tertiary alicyclic amines) is 1. The average Bonchev–Trinajstić information content (AvgIpc) is 2.78. The number of rotatable bonds is 2. The second-order valence-electron chi connectivity index (χ2n) is 6.69. The van der Waals surface area contributed by atoms with Crippen LogP contribution in [0.15, 0.2) is 6.20 Å². The second kappa shape index (κ2) is 5.00. The van der Waals surface area contributed by atoms with Crippen LogP contribution in [-0.4, -0.2) is 39.0 Å². The summed E-state index contributed by atoms with van der Waals surface area (Å²) >= 11 is 0. The fourth-order valence-corrected chi connectivity index (χ4v) is 2.47. The van der Waals surface area contributed by atoms with Crippen LogP contribution in [-0.2, 0) is 5.41 Å². The molecule has 1 saturated heterocycles. The maximum absolute atomic E-state index is 4.32. The van der Waals surface area contributed by atoms with Gasteiger partial charge in [0.1, 0.15) is 0 Å². The topological polar surface area (TPSA) is 34.0 Å². The van der Waals surface area contributed by atoms with E-state index in [0.717, 1.165) is 5.69 Å². The van der Waals surface area contributed by atoms with E-state index in [-0.39, 0.29) is 5.41 Å². The Morgan fingerprint density at radius 1 is 1.22 bits per heavy atom. The van der Waals surface area contributed by atoms with E-state index < -0.39 is 0 Å². The highest BCUT2D eigenvalue weighted by Crippen LogP contribution is 2.25. The lowest BCUT2D eigenvalue weighted by Gasteiger charge is -2.34. The Labute approximate surface area is 110 Å². The second-order valence-corrected chi connectivity index (χ2v) is 6.69. The zero-order valence-corrected chi connectivity index (χ0v) is 12.3. The molecule has 0 atom stereocenters. The van der Waals surface area contributed by atoms with Crippen molar-refractivity contribution < 1.29 is 0 Å². The van der Waals surface area contributed by atoms with Crippen LogP contribution in [0.2, 0.25) is 0 Å². The van der Waals surface area contributed by atoms with Gasteiger partial charge >= 0.3 is 0 Å². The molecule has 0 unspecified atom stereocenters. The molecule has 0 saturated carbocycles. The molecule has 0 N–H and O–H groups in total. The molecule has 2 heterocycles. The highest BCUT2D eigenvalue weighted by Gasteiger charge is 2.24.